The van der Waals surface area contributed by atoms with E-state index in [0.29, 0.717) is 41.2 Å². The lowest BCUT2D eigenvalue weighted by Crippen LogP contribution is -2.34. The van der Waals surface area contributed by atoms with Crippen LogP contribution >= 0.6 is 0 Å². The second kappa shape index (κ2) is 9.94. The monoisotopic (exact) mass is 447 g/mol. The molecule has 1 aliphatic carbocycles. The SMILES string of the molecule is COc1ccc([C@@H]2C(C(=O)OCCc3ccccc3)=C(C)NC3=C2C(=O)CCC3)c(OC)c1. The van der Waals surface area contributed by atoms with Crippen LogP contribution in [0.2, 0.25) is 0 Å². The number of carbonyl (C=O) groups is 2. The van der Waals surface area contributed by atoms with Gasteiger partial charge in [0.25, 0.3) is 0 Å². The van der Waals surface area contributed by atoms with E-state index in [4.69, 9.17) is 14.2 Å². The molecule has 6 nitrogen and oxygen atoms in total. The van der Waals surface area contributed by atoms with Gasteiger partial charge in [-0.05, 0) is 31.4 Å². The van der Waals surface area contributed by atoms with Crippen LogP contribution in [0.1, 0.15) is 43.2 Å². The molecule has 1 heterocycles. The van der Waals surface area contributed by atoms with Crippen molar-refractivity contribution in [3.8, 4) is 11.5 Å². The quantitative estimate of drug-likeness (QED) is 0.632. The first-order valence-corrected chi connectivity index (χ1v) is 11.2. The standard InChI is InChI=1S/C27H29NO5/c1-17-24(27(30)33-15-14-18-8-5-4-6-9-18)25(26-21(28-17)10-7-11-22(26)29)20-13-12-19(31-2)16-23(20)32-3/h4-6,8-9,12-13,16,25,28H,7,10-11,14-15H2,1-3H3/t25-/m1/s1. The van der Waals surface area contributed by atoms with Crippen molar-refractivity contribution in [1.82, 2.24) is 5.32 Å². The molecule has 1 N–H and O–H groups in total. The molecule has 172 valence electrons. The number of carbonyl (C=O) groups excluding carboxylic acids is 2. The first-order chi connectivity index (χ1) is 16.0. The number of ketones is 1. The van der Waals surface area contributed by atoms with Gasteiger partial charge in [-0.15, -0.1) is 0 Å². The molecule has 0 saturated heterocycles. The third kappa shape index (κ3) is 4.65. The smallest absolute Gasteiger partial charge is 0.336 e. The maximum atomic E-state index is 13.4. The van der Waals surface area contributed by atoms with Crippen LogP contribution in [-0.4, -0.2) is 32.6 Å². The number of ether oxygens (including phenoxy) is 3. The fourth-order valence-corrected chi connectivity index (χ4v) is 4.61. The molecule has 1 atom stereocenters. The third-order valence-electron chi connectivity index (χ3n) is 6.21. The lowest BCUT2D eigenvalue weighted by Gasteiger charge is -2.34. The third-order valence-corrected chi connectivity index (χ3v) is 6.21. The fraction of sp³-hybridized carbons (Fsp3) is 0.333. The van der Waals surface area contributed by atoms with E-state index < -0.39 is 11.9 Å². The Bertz CT molecular complexity index is 1120. The van der Waals surface area contributed by atoms with Gasteiger partial charge in [-0.3, -0.25) is 4.79 Å². The molecule has 0 bridgehead atoms. The van der Waals surface area contributed by atoms with Gasteiger partial charge < -0.3 is 19.5 Å². The van der Waals surface area contributed by atoms with Crippen molar-refractivity contribution >= 4 is 11.8 Å². The Balaban J connectivity index is 1.70. The van der Waals surface area contributed by atoms with Gasteiger partial charge in [-0.1, -0.05) is 36.4 Å². The van der Waals surface area contributed by atoms with Crippen molar-refractivity contribution in [2.45, 2.75) is 38.5 Å². The molecule has 6 heteroatoms. The van der Waals surface area contributed by atoms with Crippen molar-refractivity contribution < 1.29 is 23.8 Å². The highest BCUT2D eigenvalue weighted by molar-refractivity contribution is 6.04. The number of esters is 1. The molecule has 0 unspecified atom stereocenters. The Morgan fingerprint density at radius 1 is 1.06 bits per heavy atom. The zero-order valence-electron chi connectivity index (χ0n) is 19.3. The molecular formula is C27H29NO5. The maximum Gasteiger partial charge on any atom is 0.336 e. The summed E-state index contributed by atoms with van der Waals surface area (Å²) < 4.78 is 16.7. The van der Waals surface area contributed by atoms with Gasteiger partial charge in [0.1, 0.15) is 11.5 Å². The minimum atomic E-state index is -0.556. The average Bonchev–Trinajstić information content (AvgIpc) is 2.83. The van der Waals surface area contributed by atoms with Crippen LogP contribution < -0.4 is 14.8 Å². The number of hydrogen-bond donors (Lipinski definition) is 1. The molecule has 0 radical (unpaired) electrons. The highest BCUT2D eigenvalue weighted by atomic mass is 16.5. The Labute approximate surface area is 194 Å². The van der Waals surface area contributed by atoms with E-state index in [1.807, 2.05) is 49.4 Å². The molecule has 33 heavy (non-hydrogen) atoms. The van der Waals surface area contributed by atoms with Crippen LogP contribution in [0.4, 0.5) is 0 Å². The summed E-state index contributed by atoms with van der Waals surface area (Å²) in [7, 11) is 3.16. The minimum absolute atomic E-state index is 0.0497. The molecule has 0 spiro atoms. The van der Waals surface area contributed by atoms with Crippen molar-refractivity contribution in [2.24, 2.45) is 0 Å². The number of allylic oxidation sites excluding steroid dienone is 3. The van der Waals surface area contributed by atoms with Gasteiger partial charge in [0.2, 0.25) is 0 Å². The first-order valence-electron chi connectivity index (χ1n) is 11.2. The lowest BCUT2D eigenvalue weighted by molar-refractivity contribution is -0.139. The van der Waals surface area contributed by atoms with Crippen LogP contribution in [0.25, 0.3) is 0 Å². The van der Waals surface area contributed by atoms with E-state index in [2.05, 4.69) is 5.32 Å². The van der Waals surface area contributed by atoms with Crippen LogP contribution in [0.15, 0.2) is 71.1 Å². The number of Topliss-reactive ketones (excluding diaryl/α,β-unsaturated/α-hetero) is 1. The van der Waals surface area contributed by atoms with Gasteiger partial charge >= 0.3 is 5.97 Å². The number of rotatable bonds is 7. The molecule has 0 saturated carbocycles. The van der Waals surface area contributed by atoms with E-state index in [1.54, 1.807) is 20.3 Å². The largest absolute Gasteiger partial charge is 0.497 e. The highest BCUT2D eigenvalue weighted by Gasteiger charge is 2.40. The Kier molecular flexibility index (Phi) is 6.82. The summed E-state index contributed by atoms with van der Waals surface area (Å²) in [6, 6.07) is 15.3. The highest BCUT2D eigenvalue weighted by Crippen LogP contribution is 2.46. The molecule has 0 fully saturated rings. The van der Waals surface area contributed by atoms with Crippen molar-refractivity contribution in [3.63, 3.8) is 0 Å². The fourth-order valence-electron chi connectivity index (χ4n) is 4.61. The molecule has 2 aromatic carbocycles. The van der Waals surface area contributed by atoms with Crippen LogP contribution in [0.3, 0.4) is 0 Å². The zero-order valence-corrected chi connectivity index (χ0v) is 19.3. The summed E-state index contributed by atoms with van der Waals surface area (Å²) in [6.07, 6.45) is 2.64. The molecule has 1 aliphatic heterocycles. The Morgan fingerprint density at radius 2 is 1.85 bits per heavy atom. The maximum absolute atomic E-state index is 13.4. The van der Waals surface area contributed by atoms with Crippen molar-refractivity contribution in [3.05, 3.63) is 82.2 Å². The number of nitrogens with one attached hydrogen (secondary N) is 1. The van der Waals surface area contributed by atoms with Gasteiger partial charge in [0, 0.05) is 41.4 Å². The summed E-state index contributed by atoms with van der Waals surface area (Å²) >= 11 is 0. The lowest BCUT2D eigenvalue weighted by atomic mass is 9.75. The summed E-state index contributed by atoms with van der Waals surface area (Å²) in [4.78, 5) is 26.4. The summed E-state index contributed by atoms with van der Waals surface area (Å²) in [5, 5.41) is 3.32. The summed E-state index contributed by atoms with van der Waals surface area (Å²) in [6.45, 7) is 2.12. The topological polar surface area (TPSA) is 73.9 Å². The van der Waals surface area contributed by atoms with Gasteiger partial charge in [-0.25, -0.2) is 4.79 Å². The molecule has 4 rings (SSSR count). The number of dihydropyridines is 1. The molecule has 0 amide bonds. The van der Waals surface area contributed by atoms with Crippen LogP contribution in [0, 0.1) is 0 Å². The van der Waals surface area contributed by atoms with E-state index >= 15 is 0 Å². The predicted molar refractivity (Wildman–Crippen MR) is 125 cm³/mol. The second-order valence-corrected chi connectivity index (χ2v) is 8.25. The molecular weight excluding hydrogens is 418 g/mol. The number of methoxy groups -OCH3 is 2. The first kappa shape index (κ1) is 22.6. The minimum Gasteiger partial charge on any atom is -0.497 e. The normalized spacial score (nSPS) is 17.9. The summed E-state index contributed by atoms with van der Waals surface area (Å²) in [5.74, 6) is 0.270. The van der Waals surface area contributed by atoms with Crippen LogP contribution in [-0.2, 0) is 20.7 Å². The van der Waals surface area contributed by atoms with E-state index in [1.165, 1.54) is 0 Å². The molecule has 2 aliphatic rings. The van der Waals surface area contributed by atoms with Crippen molar-refractivity contribution in [2.75, 3.05) is 20.8 Å². The van der Waals surface area contributed by atoms with Gasteiger partial charge in [0.15, 0.2) is 5.78 Å². The summed E-state index contributed by atoms with van der Waals surface area (Å²) in [5.41, 5.74) is 4.50. The van der Waals surface area contributed by atoms with Crippen LogP contribution in [0.5, 0.6) is 11.5 Å². The Hall–Kier alpha value is -3.54. The van der Waals surface area contributed by atoms with Gasteiger partial charge in [0.05, 0.1) is 32.3 Å². The van der Waals surface area contributed by atoms with E-state index in [0.717, 1.165) is 29.7 Å². The molecule has 0 aromatic heterocycles. The predicted octanol–water partition coefficient (Wildman–Crippen LogP) is 4.46. The average molecular weight is 448 g/mol. The Morgan fingerprint density at radius 3 is 2.58 bits per heavy atom. The number of hydrogen-bond acceptors (Lipinski definition) is 6. The van der Waals surface area contributed by atoms with E-state index in [-0.39, 0.29) is 12.4 Å². The van der Waals surface area contributed by atoms with Gasteiger partial charge in [-0.2, -0.15) is 0 Å². The zero-order chi connectivity index (χ0) is 23.4. The van der Waals surface area contributed by atoms with Crippen molar-refractivity contribution in [1.29, 1.82) is 0 Å². The molecule has 2 aromatic rings. The second-order valence-electron chi connectivity index (χ2n) is 8.25. The van der Waals surface area contributed by atoms with E-state index in [9.17, 15) is 9.59 Å². The number of benzene rings is 2.